The van der Waals surface area contributed by atoms with E-state index in [1.54, 1.807) is 24.3 Å². The van der Waals surface area contributed by atoms with Crippen LogP contribution < -0.4 is 5.32 Å². The average Bonchev–Trinajstić information content (AvgIpc) is 2.34. The molecular weight excluding hydrogens is 236 g/mol. The summed E-state index contributed by atoms with van der Waals surface area (Å²) >= 11 is 5.51. The van der Waals surface area contributed by atoms with Crippen molar-refractivity contribution in [2.75, 3.05) is 6.54 Å². The second kappa shape index (κ2) is 6.51. The van der Waals surface area contributed by atoms with Gasteiger partial charge in [-0.15, -0.1) is 0 Å². The number of amides is 1. The number of hydrogen-bond donors (Lipinski definition) is 1. The summed E-state index contributed by atoms with van der Waals surface area (Å²) in [6.07, 6.45) is 3.02. The number of carbonyl (C=O) groups excluding carboxylic acids is 1. The predicted octanol–water partition coefficient (Wildman–Crippen LogP) is 2.44. The number of rotatable bonds is 4. The van der Waals surface area contributed by atoms with Crippen LogP contribution in [0.3, 0.4) is 0 Å². The van der Waals surface area contributed by atoms with Gasteiger partial charge in [0.2, 0.25) is 5.91 Å². The molecule has 0 unspecified atom stereocenters. The largest absolute Gasteiger partial charge is 0.348 e. The Kier molecular flexibility index (Phi) is 4.99. The van der Waals surface area contributed by atoms with E-state index in [1.807, 2.05) is 12.1 Å². The zero-order valence-corrected chi connectivity index (χ0v) is 9.87. The lowest BCUT2D eigenvalue weighted by Gasteiger charge is -1.98. The van der Waals surface area contributed by atoms with Gasteiger partial charge in [0, 0.05) is 11.1 Å². The van der Waals surface area contributed by atoms with Crippen molar-refractivity contribution in [3.8, 4) is 6.07 Å². The minimum Gasteiger partial charge on any atom is -0.348 e. The summed E-state index contributed by atoms with van der Waals surface area (Å²) in [4.78, 5) is 11.3. The Balaban J connectivity index is 2.61. The first-order valence-electron chi connectivity index (χ1n) is 4.91. The molecule has 1 aromatic carbocycles. The highest BCUT2D eigenvalue weighted by molar-refractivity contribution is 6.29. The van der Waals surface area contributed by atoms with Crippen molar-refractivity contribution in [1.29, 1.82) is 5.26 Å². The Hall–Kier alpha value is -2.05. The lowest BCUT2D eigenvalue weighted by Crippen LogP contribution is -2.21. The molecular formula is C13H11ClN2O. The van der Waals surface area contributed by atoms with E-state index in [0.717, 1.165) is 5.56 Å². The van der Waals surface area contributed by atoms with E-state index in [2.05, 4.69) is 11.9 Å². The van der Waals surface area contributed by atoms with Gasteiger partial charge >= 0.3 is 0 Å². The zero-order chi connectivity index (χ0) is 12.7. The highest BCUT2D eigenvalue weighted by Gasteiger charge is 1.96. The average molecular weight is 247 g/mol. The highest BCUT2D eigenvalue weighted by atomic mass is 35.5. The van der Waals surface area contributed by atoms with Crippen LogP contribution in [0.15, 0.2) is 42.0 Å². The fourth-order valence-corrected chi connectivity index (χ4v) is 1.19. The molecule has 3 nitrogen and oxygen atoms in total. The summed E-state index contributed by atoms with van der Waals surface area (Å²) in [5.74, 6) is -0.255. The SMILES string of the molecule is C=C(Cl)CNC(=O)/C=C/c1cccc(C#N)c1. The van der Waals surface area contributed by atoms with E-state index < -0.39 is 0 Å². The van der Waals surface area contributed by atoms with Gasteiger partial charge in [0.25, 0.3) is 0 Å². The molecule has 1 aromatic rings. The van der Waals surface area contributed by atoms with Crippen molar-refractivity contribution in [3.05, 3.63) is 53.1 Å². The Morgan fingerprint density at radius 1 is 1.59 bits per heavy atom. The van der Waals surface area contributed by atoms with Gasteiger partial charge in [-0.1, -0.05) is 30.3 Å². The molecule has 4 heteroatoms. The normalized spacial score (nSPS) is 9.88. The molecule has 1 amide bonds. The van der Waals surface area contributed by atoms with Gasteiger partial charge in [-0.2, -0.15) is 5.26 Å². The van der Waals surface area contributed by atoms with Gasteiger partial charge in [-0.05, 0) is 23.8 Å². The van der Waals surface area contributed by atoms with Gasteiger partial charge in [-0.3, -0.25) is 4.79 Å². The quantitative estimate of drug-likeness (QED) is 0.830. The van der Waals surface area contributed by atoms with Crippen LogP contribution in [0.1, 0.15) is 11.1 Å². The minimum atomic E-state index is -0.255. The first-order valence-corrected chi connectivity index (χ1v) is 5.29. The number of benzene rings is 1. The smallest absolute Gasteiger partial charge is 0.244 e. The van der Waals surface area contributed by atoms with Gasteiger partial charge in [0.15, 0.2) is 0 Å². The molecule has 0 saturated heterocycles. The molecule has 0 spiro atoms. The Morgan fingerprint density at radius 3 is 3.00 bits per heavy atom. The summed E-state index contributed by atoms with van der Waals surface area (Å²) in [6.45, 7) is 3.70. The molecule has 0 radical (unpaired) electrons. The van der Waals surface area contributed by atoms with Crippen LogP contribution in [0.5, 0.6) is 0 Å². The molecule has 0 aliphatic carbocycles. The van der Waals surface area contributed by atoms with Crippen LogP contribution >= 0.6 is 11.6 Å². The van der Waals surface area contributed by atoms with Crippen molar-refractivity contribution in [1.82, 2.24) is 5.32 Å². The Morgan fingerprint density at radius 2 is 2.35 bits per heavy atom. The third-order valence-corrected chi connectivity index (χ3v) is 2.03. The minimum absolute atomic E-state index is 0.239. The van der Waals surface area contributed by atoms with E-state index >= 15 is 0 Å². The van der Waals surface area contributed by atoms with Gasteiger partial charge < -0.3 is 5.32 Å². The number of carbonyl (C=O) groups is 1. The zero-order valence-electron chi connectivity index (χ0n) is 9.11. The number of nitrogens with zero attached hydrogens (tertiary/aromatic N) is 1. The third-order valence-electron chi connectivity index (χ3n) is 1.90. The third kappa shape index (κ3) is 5.01. The lowest BCUT2D eigenvalue weighted by molar-refractivity contribution is -0.116. The fourth-order valence-electron chi connectivity index (χ4n) is 1.13. The molecule has 0 bridgehead atoms. The summed E-state index contributed by atoms with van der Waals surface area (Å²) in [5.41, 5.74) is 1.35. The van der Waals surface area contributed by atoms with E-state index in [1.165, 1.54) is 6.08 Å². The number of hydrogen-bond acceptors (Lipinski definition) is 2. The van der Waals surface area contributed by atoms with Crippen LogP contribution in [-0.2, 0) is 4.79 Å². The first-order chi connectivity index (χ1) is 8.11. The van der Waals surface area contributed by atoms with Crippen molar-refractivity contribution in [2.45, 2.75) is 0 Å². The van der Waals surface area contributed by atoms with Crippen molar-refractivity contribution < 1.29 is 4.79 Å². The standard InChI is InChI=1S/C13H11ClN2O/c1-10(14)9-16-13(17)6-5-11-3-2-4-12(7-11)8-15/h2-7H,1,9H2,(H,16,17)/b6-5+. The monoisotopic (exact) mass is 246 g/mol. The van der Waals surface area contributed by atoms with Crippen LogP contribution in [-0.4, -0.2) is 12.5 Å². The van der Waals surface area contributed by atoms with E-state index in [4.69, 9.17) is 16.9 Å². The Bertz CT molecular complexity index is 500. The van der Waals surface area contributed by atoms with Crippen LogP contribution in [0, 0.1) is 11.3 Å². The fraction of sp³-hybridized carbons (Fsp3) is 0.0769. The van der Waals surface area contributed by atoms with Gasteiger partial charge in [0.05, 0.1) is 18.2 Å². The topological polar surface area (TPSA) is 52.9 Å². The molecule has 0 atom stereocenters. The van der Waals surface area contributed by atoms with Crippen molar-refractivity contribution in [3.63, 3.8) is 0 Å². The molecule has 86 valence electrons. The second-order valence-electron chi connectivity index (χ2n) is 3.31. The molecule has 0 heterocycles. The van der Waals surface area contributed by atoms with Crippen molar-refractivity contribution in [2.24, 2.45) is 0 Å². The predicted molar refractivity (Wildman–Crippen MR) is 68.2 cm³/mol. The molecule has 1 N–H and O–H groups in total. The maximum absolute atomic E-state index is 11.3. The molecule has 0 fully saturated rings. The second-order valence-corrected chi connectivity index (χ2v) is 3.84. The summed E-state index contributed by atoms with van der Waals surface area (Å²) < 4.78 is 0. The number of halogens is 1. The molecule has 0 aliphatic heterocycles. The van der Waals surface area contributed by atoms with Gasteiger partial charge in [-0.25, -0.2) is 0 Å². The molecule has 0 saturated carbocycles. The van der Waals surface area contributed by atoms with Crippen LogP contribution in [0.25, 0.3) is 6.08 Å². The molecule has 0 aromatic heterocycles. The van der Waals surface area contributed by atoms with E-state index in [-0.39, 0.29) is 12.5 Å². The number of nitrogens with one attached hydrogen (secondary N) is 1. The maximum Gasteiger partial charge on any atom is 0.244 e. The van der Waals surface area contributed by atoms with Crippen molar-refractivity contribution >= 4 is 23.6 Å². The summed E-state index contributed by atoms with van der Waals surface area (Å²) in [7, 11) is 0. The maximum atomic E-state index is 11.3. The lowest BCUT2D eigenvalue weighted by atomic mass is 10.1. The molecule has 1 rings (SSSR count). The number of nitriles is 1. The van der Waals surface area contributed by atoms with Crippen LogP contribution in [0.2, 0.25) is 0 Å². The molecule has 17 heavy (non-hydrogen) atoms. The van der Waals surface area contributed by atoms with Gasteiger partial charge in [0.1, 0.15) is 0 Å². The van der Waals surface area contributed by atoms with E-state index in [0.29, 0.717) is 10.6 Å². The molecule has 0 aliphatic rings. The summed E-state index contributed by atoms with van der Waals surface area (Å²) in [6, 6.07) is 9.00. The highest BCUT2D eigenvalue weighted by Crippen LogP contribution is 2.05. The van der Waals surface area contributed by atoms with Crippen LogP contribution in [0.4, 0.5) is 0 Å². The van der Waals surface area contributed by atoms with E-state index in [9.17, 15) is 4.79 Å². The Labute approximate surface area is 105 Å². The summed E-state index contributed by atoms with van der Waals surface area (Å²) in [5, 5.41) is 11.6. The first kappa shape index (κ1) is 13.0.